The van der Waals surface area contributed by atoms with Gasteiger partial charge in [-0.05, 0) is 23.8 Å². The summed E-state index contributed by atoms with van der Waals surface area (Å²) in [6.45, 7) is 3.25. The van der Waals surface area contributed by atoms with Crippen LogP contribution in [0.5, 0.6) is 5.75 Å². The van der Waals surface area contributed by atoms with Gasteiger partial charge in [0, 0.05) is 6.54 Å². The number of imide groups is 1. The second-order valence-electron chi connectivity index (χ2n) is 4.87. The summed E-state index contributed by atoms with van der Waals surface area (Å²) in [5.41, 5.74) is 0.562. The lowest BCUT2D eigenvalue weighted by atomic mass is 10.1. The van der Waals surface area contributed by atoms with Crippen molar-refractivity contribution in [1.82, 2.24) is 10.2 Å². The molecule has 1 aliphatic heterocycles. The second kappa shape index (κ2) is 8.04. The number of methoxy groups -OCH3 is 1. The van der Waals surface area contributed by atoms with Crippen molar-refractivity contribution < 1.29 is 23.9 Å². The SMILES string of the molecule is C=CCN1C(=O)N/C(=C/c2cc(Cl)c(OCC(=O)OC)c(Cl)c2)C1=O. The zero-order valence-corrected chi connectivity index (χ0v) is 14.7. The van der Waals surface area contributed by atoms with Gasteiger partial charge in [-0.1, -0.05) is 29.3 Å². The molecule has 3 amide bonds. The summed E-state index contributed by atoms with van der Waals surface area (Å²) in [4.78, 5) is 36.0. The van der Waals surface area contributed by atoms with Crippen LogP contribution < -0.4 is 10.1 Å². The van der Waals surface area contributed by atoms with Crippen LogP contribution in [-0.4, -0.2) is 43.1 Å². The van der Waals surface area contributed by atoms with Crippen LogP contribution in [0.4, 0.5) is 4.79 Å². The van der Waals surface area contributed by atoms with Crippen molar-refractivity contribution in [3.05, 3.63) is 46.1 Å². The molecule has 132 valence electrons. The van der Waals surface area contributed by atoms with Gasteiger partial charge in [-0.15, -0.1) is 6.58 Å². The number of hydrogen-bond donors (Lipinski definition) is 1. The van der Waals surface area contributed by atoms with Gasteiger partial charge in [0.1, 0.15) is 5.70 Å². The molecule has 0 unspecified atom stereocenters. The van der Waals surface area contributed by atoms with Gasteiger partial charge in [-0.3, -0.25) is 9.69 Å². The molecule has 1 fully saturated rings. The lowest BCUT2D eigenvalue weighted by Crippen LogP contribution is -2.30. The van der Waals surface area contributed by atoms with Crippen LogP contribution in [0.2, 0.25) is 10.0 Å². The molecule has 25 heavy (non-hydrogen) atoms. The van der Waals surface area contributed by atoms with Crippen LogP contribution in [0.3, 0.4) is 0 Å². The molecule has 1 aliphatic rings. The molecule has 0 atom stereocenters. The highest BCUT2D eigenvalue weighted by atomic mass is 35.5. The first-order valence-electron chi connectivity index (χ1n) is 7.01. The standard InChI is InChI=1S/C16H14Cl2N2O5/c1-3-4-20-15(22)12(19-16(20)23)7-9-5-10(17)14(11(18)6-9)25-8-13(21)24-2/h3,5-7H,1,4,8H2,2H3,(H,19,23)/b12-7+. The number of ether oxygens (including phenoxy) is 2. The molecule has 0 bridgehead atoms. The van der Waals surface area contributed by atoms with Gasteiger partial charge in [0.05, 0.1) is 17.2 Å². The Bertz CT molecular complexity index is 753. The predicted octanol–water partition coefficient (Wildman–Crippen LogP) is 2.62. The fourth-order valence-corrected chi connectivity index (χ4v) is 2.64. The Hall–Kier alpha value is -2.51. The summed E-state index contributed by atoms with van der Waals surface area (Å²) in [7, 11) is 1.23. The second-order valence-corrected chi connectivity index (χ2v) is 5.69. The number of nitrogens with zero attached hydrogens (tertiary/aromatic N) is 1. The van der Waals surface area contributed by atoms with Gasteiger partial charge in [0.2, 0.25) is 0 Å². The van der Waals surface area contributed by atoms with Gasteiger partial charge in [0.25, 0.3) is 5.91 Å². The van der Waals surface area contributed by atoms with Crippen molar-refractivity contribution in [1.29, 1.82) is 0 Å². The molecular weight excluding hydrogens is 371 g/mol. The lowest BCUT2D eigenvalue weighted by molar-refractivity contribution is -0.142. The number of hydrogen-bond acceptors (Lipinski definition) is 5. The minimum atomic E-state index is -0.583. The molecule has 7 nitrogen and oxygen atoms in total. The molecule has 0 spiro atoms. The third-order valence-electron chi connectivity index (χ3n) is 3.17. The number of carbonyl (C=O) groups is 3. The number of benzene rings is 1. The first-order chi connectivity index (χ1) is 11.9. The molecule has 2 rings (SSSR count). The van der Waals surface area contributed by atoms with E-state index in [1.54, 1.807) is 0 Å². The van der Waals surface area contributed by atoms with Crippen LogP contribution in [0.25, 0.3) is 6.08 Å². The molecular formula is C16H14Cl2N2O5. The van der Waals surface area contributed by atoms with Crippen LogP contribution >= 0.6 is 23.2 Å². The first kappa shape index (κ1) is 18.8. The molecule has 1 N–H and O–H groups in total. The van der Waals surface area contributed by atoms with Gasteiger partial charge in [-0.2, -0.15) is 0 Å². The molecule has 1 aromatic carbocycles. The minimum absolute atomic E-state index is 0.0854. The maximum absolute atomic E-state index is 12.1. The number of halogens is 2. The van der Waals surface area contributed by atoms with E-state index in [0.717, 1.165) is 4.90 Å². The fourth-order valence-electron chi connectivity index (χ4n) is 2.02. The summed E-state index contributed by atoms with van der Waals surface area (Å²) < 4.78 is 9.68. The highest BCUT2D eigenvalue weighted by Gasteiger charge is 2.32. The number of nitrogens with one attached hydrogen (secondary N) is 1. The van der Waals surface area contributed by atoms with Crippen LogP contribution in [0.1, 0.15) is 5.56 Å². The fraction of sp³-hybridized carbons (Fsp3) is 0.188. The number of carbonyl (C=O) groups excluding carboxylic acids is 3. The van der Waals surface area contributed by atoms with Gasteiger partial charge < -0.3 is 14.8 Å². The summed E-state index contributed by atoms with van der Waals surface area (Å²) in [5, 5.41) is 2.74. The molecule has 0 saturated carbocycles. The van der Waals surface area contributed by atoms with Crippen molar-refractivity contribution in [2.24, 2.45) is 0 Å². The van der Waals surface area contributed by atoms with E-state index in [9.17, 15) is 14.4 Å². The smallest absolute Gasteiger partial charge is 0.343 e. The van der Waals surface area contributed by atoms with Crippen molar-refractivity contribution >= 4 is 47.2 Å². The van der Waals surface area contributed by atoms with E-state index in [1.165, 1.54) is 31.4 Å². The highest BCUT2D eigenvalue weighted by molar-refractivity contribution is 6.37. The lowest BCUT2D eigenvalue weighted by Gasteiger charge is -2.10. The van der Waals surface area contributed by atoms with Gasteiger partial charge in [-0.25, -0.2) is 9.59 Å². The molecule has 0 aromatic heterocycles. The number of esters is 1. The van der Waals surface area contributed by atoms with E-state index < -0.39 is 17.9 Å². The van der Waals surface area contributed by atoms with Gasteiger partial charge >= 0.3 is 12.0 Å². The van der Waals surface area contributed by atoms with Crippen molar-refractivity contribution in [2.75, 3.05) is 20.3 Å². The number of amides is 3. The van der Waals surface area contributed by atoms with E-state index in [2.05, 4.69) is 16.6 Å². The quantitative estimate of drug-likeness (QED) is 0.352. The Morgan fingerprint density at radius 1 is 1.32 bits per heavy atom. The zero-order valence-electron chi connectivity index (χ0n) is 13.2. The zero-order chi connectivity index (χ0) is 18.6. The molecule has 9 heteroatoms. The summed E-state index contributed by atoms with van der Waals surface area (Å²) in [6.07, 6.45) is 2.88. The average molecular weight is 385 g/mol. The molecule has 1 heterocycles. The Morgan fingerprint density at radius 2 is 1.96 bits per heavy atom. The number of rotatable bonds is 6. The molecule has 1 saturated heterocycles. The third kappa shape index (κ3) is 4.32. The van der Waals surface area contributed by atoms with Crippen LogP contribution in [0.15, 0.2) is 30.5 Å². The summed E-state index contributed by atoms with van der Waals surface area (Å²) in [5.74, 6) is -0.950. The minimum Gasteiger partial charge on any atom is -0.479 e. The van der Waals surface area contributed by atoms with E-state index in [1.807, 2.05) is 0 Å². The predicted molar refractivity (Wildman–Crippen MR) is 92.4 cm³/mol. The topological polar surface area (TPSA) is 84.9 Å². The monoisotopic (exact) mass is 384 g/mol. The van der Waals surface area contributed by atoms with Crippen molar-refractivity contribution in [3.63, 3.8) is 0 Å². The maximum Gasteiger partial charge on any atom is 0.343 e. The summed E-state index contributed by atoms with van der Waals surface area (Å²) in [6, 6.07) is 2.44. The Morgan fingerprint density at radius 3 is 2.52 bits per heavy atom. The normalized spacial score (nSPS) is 15.3. The molecule has 0 radical (unpaired) electrons. The maximum atomic E-state index is 12.1. The average Bonchev–Trinajstić information content (AvgIpc) is 2.81. The van der Waals surface area contributed by atoms with Crippen LogP contribution in [0, 0.1) is 0 Å². The third-order valence-corrected chi connectivity index (χ3v) is 3.73. The van der Waals surface area contributed by atoms with E-state index in [0.29, 0.717) is 5.56 Å². The summed E-state index contributed by atoms with van der Waals surface area (Å²) >= 11 is 12.2. The van der Waals surface area contributed by atoms with E-state index >= 15 is 0 Å². The Kier molecular flexibility index (Phi) is 6.06. The first-order valence-corrected chi connectivity index (χ1v) is 7.77. The molecule has 0 aliphatic carbocycles. The van der Waals surface area contributed by atoms with E-state index in [4.69, 9.17) is 27.9 Å². The van der Waals surface area contributed by atoms with Crippen molar-refractivity contribution in [3.8, 4) is 5.75 Å². The van der Waals surface area contributed by atoms with Gasteiger partial charge in [0.15, 0.2) is 12.4 Å². The Balaban J connectivity index is 2.24. The number of urea groups is 1. The highest BCUT2D eigenvalue weighted by Crippen LogP contribution is 2.35. The Labute approximate surface area is 153 Å². The van der Waals surface area contributed by atoms with Crippen molar-refractivity contribution in [2.45, 2.75) is 0 Å². The van der Waals surface area contributed by atoms with E-state index in [-0.39, 0.29) is 34.6 Å². The molecule has 1 aromatic rings. The van der Waals surface area contributed by atoms with Crippen LogP contribution in [-0.2, 0) is 14.3 Å². The largest absolute Gasteiger partial charge is 0.479 e.